The molecule has 0 aromatic heterocycles. The molecule has 6 heteroatoms. The van der Waals surface area contributed by atoms with Crippen LogP contribution in [-0.4, -0.2) is 16.6 Å². The standard InChI is InChI=1S/C8H9ClN2O3/c9-7-2-1-5(11(13)14)3-6(7)8(12)4-10/h1-3,8,12H,4,10H2/t8-/m0/s1. The van der Waals surface area contributed by atoms with E-state index in [-0.39, 0.29) is 22.8 Å². The maximum atomic E-state index is 10.4. The molecule has 0 bridgehead atoms. The minimum Gasteiger partial charge on any atom is -0.387 e. The van der Waals surface area contributed by atoms with Crippen LogP contribution < -0.4 is 5.73 Å². The molecule has 0 spiro atoms. The summed E-state index contributed by atoms with van der Waals surface area (Å²) in [6.07, 6.45) is -0.970. The number of hydrogen-bond donors (Lipinski definition) is 2. The number of nitrogens with zero attached hydrogens (tertiary/aromatic N) is 1. The monoisotopic (exact) mass is 216 g/mol. The number of aliphatic hydroxyl groups excluding tert-OH is 1. The summed E-state index contributed by atoms with van der Waals surface area (Å²) in [4.78, 5) is 9.87. The van der Waals surface area contributed by atoms with Crippen LogP contribution in [0.3, 0.4) is 0 Å². The van der Waals surface area contributed by atoms with Crippen molar-refractivity contribution in [2.45, 2.75) is 6.10 Å². The molecule has 0 unspecified atom stereocenters. The van der Waals surface area contributed by atoms with E-state index in [0.717, 1.165) is 0 Å². The van der Waals surface area contributed by atoms with Crippen molar-refractivity contribution in [3.8, 4) is 0 Å². The summed E-state index contributed by atoms with van der Waals surface area (Å²) in [5, 5.41) is 20.1. The van der Waals surface area contributed by atoms with Gasteiger partial charge in [-0.05, 0) is 6.07 Å². The molecule has 5 nitrogen and oxygen atoms in total. The lowest BCUT2D eigenvalue weighted by Crippen LogP contribution is -2.12. The summed E-state index contributed by atoms with van der Waals surface area (Å²) in [7, 11) is 0. The molecule has 0 aliphatic carbocycles. The molecule has 14 heavy (non-hydrogen) atoms. The highest BCUT2D eigenvalue weighted by molar-refractivity contribution is 6.31. The lowest BCUT2D eigenvalue weighted by molar-refractivity contribution is -0.385. The van der Waals surface area contributed by atoms with Crippen molar-refractivity contribution in [2.75, 3.05) is 6.54 Å². The molecule has 3 N–H and O–H groups in total. The van der Waals surface area contributed by atoms with Crippen LogP contribution in [0.5, 0.6) is 0 Å². The third-order valence-electron chi connectivity index (χ3n) is 1.77. The van der Waals surface area contributed by atoms with Crippen LogP contribution in [-0.2, 0) is 0 Å². The first-order chi connectivity index (χ1) is 6.56. The lowest BCUT2D eigenvalue weighted by atomic mass is 10.1. The Labute approximate surface area is 85.3 Å². The Bertz CT molecular complexity index is 356. The minimum absolute atomic E-state index is 0.0269. The van der Waals surface area contributed by atoms with Crippen LogP contribution >= 0.6 is 11.6 Å². The van der Waals surface area contributed by atoms with Gasteiger partial charge in [0.2, 0.25) is 0 Å². The van der Waals surface area contributed by atoms with Crippen molar-refractivity contribution < 1.29 is 10.0 Å². The molecule has 1 aromatic carbocycles. The fourth-order valence-corrected chi connectivity index (χ4v) is 1.27. The van der Waals surface area contributed by atoms with Crippen molar-refractivity contribution in [3.05, 3.63) is 38.9 Å². The van der Waals surface area contributed by atoms with Crippen LogP contribution in [0, 0.1) is 10.1 Å². The van der Waals surface area contributed by atoms with Crippen molar-refractivity contribution in [3.63, 3.8) is 0 Å². The number of nitro benzene ring substituents is 1. The zero-order chi connectivity index (χ0) is 10.7. The topological polar surface area (TPSA) is 89.4 Å². The van der Waals surface area contributed by atoms with Crippen LogP contribution in [0.25, 0.3) is 0 Å². The first kappa shape index (κ1) is 10.9. The van der Waals surface area contributed by atoms with Gasteiger partial charge in [0.15, 0.2) is 0 Å². The maximum absolute atomic E-state index is 10.4. The van der Waals surface area contributed by atoms with Crippen LogP contribution in [0.15, 0.2) is 18.2 Å². The van der Waals surface area contributed by atoms with Gasteiger partial charge in [-0.2, -0.15) is 0 Å². The van der Waals surface area contributed by atoms with Gasteiger partial charge in [0.05, 0.1) is 11.0 Å². The zero-order valence-corrected chi connectivity index (χ0v) is 7.94. The number of nitrogens with two attached hydrogens (primary N) is 1. The Morgan fingerprint density at radius 3 is 2.79 bits per heavy atom. The van der Waals surface area contributed by atoms with E-state index in [2.05, 4.69) is 0 Å². The van der Waals surface area contributed by atoms with E-state index in [4.69, 9.17) is 17.3 Å². The van der Waals surface area contributed by atoms with Gasteiger partial charge in [-0.25, -0.2) is 0 Å². The SMILES string of the molecule is NC[C@H](O)c1cc([N+](=O)[O-])ccc1Cl. The Morgan fingerprint density at radius 1 is 1.64 bits per heavy atom. The van der Waals surface area contributed by atoms with E-state index in [1.54, 1.807) is 0 Å². The van der Waals surface area contributed by atoms with Gasteiger partial charge < -0.3 is 10.8 Å². The average molecular weight is 217 g/mol. The number of aliphatic hydroxyl groups is 1. The molecule has 0 heterocycles. The maximum Gasteiger partial charge on any atom is 0.269 e. The summed E-state index contributed by atoms with van der Waals surface area (Å²) in [6.45, 7) is -0.0269. The van der Waals surface area contributed by atoms with Gasteiger partial charge >= 0.3 is 0 Å². The number of nitro groups is 1. The molecule has 1 rings (SSSR count). The number of non-ortho nitro benzene ring substituents is 1. The molecule has 1 aromatic rings. The Morgan fingerprint density at radius 2 is 2.29 bits per heavy atom. The highest BCUT2D eigenvalue weighted by atomic mass is 35.5. The Hall–Kier alpha value is -1.17. The molecule has 0 aliphatic heterocycles. The van der Waals surface area contributed by atoms with E-state index in [0.29, 0.717) is 0 Å². The van der Waals surface area contributed by atoms with E-state index in [1.807, 2.05) is 0 Å². The van der Waals surface area contributed by atoms with E-state index < -0.39 is 11.0 Å². The van der Waals surface area contributed by atoms with Gasteiger partial charge in [0.25, 0.3) is 5.69 Å². The molecule has 1 atom stereocenters. The molecule has 76 valence electrons. The minimum atomic E-state index is -0.970. The second kappa shape index (κ2) is 4.36. The quantitative estimate of drug-likeness (QED) is 0.588. The van der Waals surface area contributed by atoms with Crippen LogP contribution in [0.2, 0.25) is 5.02 Å². The molecule has 0 fully saturated rings. The van der Waals surface area contributed by atoms with Crippen molar-refractivity contribution in [1.82, 2.24) is 0 Å². The molecule has 0 amide bonds. The third kappa shape index (κ3) is 2.20. The highest BCUT2D eigenvalue weighted by Gasteiger charge is 2.14. The van der Waals surface area contributed by atoms with Crippen molar-refractivity contribution in [1.29, 1.82) is 0 Å². The summed E-state index contributed by atoms with van der Waals surface area (Å²) in [6, 6.07) is 3.86. The lowest BCUT2D eigenvalue weighted by Gasteiger charge is -2.09. The predicted molar refractivity (Wildman–Crippen MR) is 52.1 cm³/mol. The molecule has 0 radical (unpaired) electrons. The van der Waals surface area contributed by atoms with Crippen molar-refractivity contribution in [2.24, 2.45) is 5.73 Å². The first-order valence-electron chi connectivity index (χ1n) is 3.88. The number of rotatable bonds is 3. The Kier molecular flexibility index (Phi) is 3.40. The van der Waals surface area contributed by atoms with Gasteiger partial charge in [0, 0.05) is 29.3 Å². The summed E-state index contributed by atoms with van der Waals surface area (Å²) >= 11 is 5.74. The zero-order valence-electron chi connectivity index (χ0n) is 7.18. The van der Waals surface area contributed by atoms with E-state index in [9.17, 15) is 15.2 Å². The summed E-state index contributed by atoms with van der Waals surface area (Å²) in [5.74, 6) is 0. The second-order valence-electron chi connectivity index (χ2n) is 2.71. The molecule has 0 saturated heterocycles. The highest BCUT2D eigenvalue weighted by Crippen LogP contribution is 2.26. The van der Waals surface area contributed by atoms with Gasteiger partial charge in [-0.3, -0.25) is 10.1 Å². The third-order valence-corrected chi connectivity index (χ3v) is 2.12. The second-order valence-corrected chi connectivity index (χ2v) is 3.12. The molecule has 0 aliphatic rings. The summed E-state index contributed by atoms with van der Waals surface area (Å²) in [5.41, 5.74) is 5.39. The smallest absolute Gasteiger partial charge is 0.269 e. The molecular formula is C8H9ClN2O3. The van der Waals surface area contributed by atoms with E-state index >= 15 is 0 Å². The number of benzene rings is 1. The molecular weight excluding hydrogens is 208 g/mol. The average Bonchev–Trinajstić information content (AvgIpc) is 2.17. The summed E-state index contributed by atoms with van der Waals surface area (Å²) < 4.78 is 0. The normalized spacial score (nSPS) is 12.5. The fourth-order valence-electron chi connectivity index (χ4n) is 1.03. The van der Waals surface area contributed by atoms with Crippen LogP contribution in [0.4, 0.5) is 5.69 Å². The number of hydrogen-bond acceptors (Lipinski definition) is 4. The predicted octanol–water partition coefficient (Wildman–Crippen LogP) is 1.24. The Balaban J connectivity index is 3.14. The van der Waals surface area contributed by atoms with Gasteiger partial charge in [-0.1, -0.05) is 11.6 Å². The first-order valence-corrected chi connectivity index (χ1v) is 4.26. The van der Waals surface area contributed by atoms with Crippen LogP contribution in [0.1, 0.15) is 11.7 Å². The number of halogens is 1. The van der Waals surface area contributed by atoms with Gasteiger partial charge in [0.1, 0.15) is 0 Å². The molecule has 0 saturated carbocycles. The van der Waals surface area contributed by atoms with Crippen molar-refractivity contribution >= 4 is 17.3 Å². The van der Waals surface area contributed by atoms with Gasteiger partial charge in [-0.15, -0.1) is 0 Å². The largest absolute Gasteiger partial charge is 0.387 e. The fraction of sp³-hybridized carbons (Fsp3) is 0.250. The van der Waals surface area contributed by atoms with E-state index in [1.165, 1.54) is 18.2 Å².